The van der Waals surface area contributed by atoms with Crippen molar-refractivity contribution in [2.45, 2.75) is 19.9 Å². The molecule has 0 fully saturated rings. The van der Waals surface area contributed by atoms with Gasteiger partial charge in [-0.1, -0.05) is 23.4 Å². The number of nitrogens with zero attached hydrogens (tertiary/aromatic N) is 3. The normalized spacial score (nSPS) is 10.3. The predicted molar refractivity (Wildman–Crippen MR) is 75.4 cm³/mol. The van der Waals surface area contributed by atoms with Crippen molar-refractivity contribution in [1.29, 1.82) is 0 Å². The molecule has 0 aliphatic carbocycles. The van der Waals surface area contributed by atoms with Crippen LogP contribution in [0.3, 0.4) is 0 Å². The Morgan fingerprint density at radius 2 is 2.14 bits per heavy atom. The van der Waals surface area contributed by atoms with E-state index in [2.05, 4.69) is 15.6 Å². The van der Waals surface area contributed by atoms with Gasteiger partial charge in [0.25, 0.3) is 0 Å². The van der Waals surface area contributed by atoms with Gasteiger partial charge in [-0.15, -0.1) is 5.10 Å². The van der Waals surface area contributed by atoms with E-state index in [4.69, 9.17) is 4.74 Å². The fourth-order valence-electron chi connectivity index (χ4n) is 1.77. The number of amides is 1. The van der Waals surface area contributed by atoms with E-state index in [0.717, 1.165) is 0 Å². The molecule has 0 atom stereocenters. The third-order valence-electron chi connectivity index (χ3n) is 2.71. The lowest BCUT2D eigenvalue weighted by molar-refractivity contribution is -0.144. The second-order valence-corrected chi connectivity index (χ2v) is 4.42. The Labute approximate surface area is 126 Å². The molecule has 1 aromatic heterocycles. The minimum absolute atomic E-state index is 0.0932. The van der Waals surface area contributed by atoms with E-state index in [1.165, 1.54) is 23.0 Å². The molecule has 8 heteroatoms. The molecule has 1 amide bonds. The van der Waals surface area contributed by atoms with Crippen molar-refractivity contribution in [3.8, 4) is 0 Å². The maximum Gasteiger partial charge on any atom is 0.327 e. The Hall–Kier alpha value is -2.77. The van der Waals surface area contributed by atoms with Crippen molar-refractivity contribution in [1.82, 2.24) is 15.0 Å². The van der Waals surface area contributed by atoms with E-state index >= 15 is 0 Å². The van der Waals surface area contributed by atoms with Gasteiger partial charge in [0.05, 0.1) is 19.2 Å². The molecule has 0 unspecified atom stereocenters. The van der Waals surface area contributed by atoms with Crippen molar-refractivity contribution >= 4 is 17.7 Å². The summed E-state index contributed by atoms with van der Waals surface area (Å²) >= 11 is 0. The Morgan fingerprint density at radius 1 is 1.36 bits per heavy atom. The van der Waals surface area contributed by atoms with Gasteiger partial charge in [-0.2, -0.15) is 0 Å². The number of benzene rings is 1. The molecule has 0 spiro atoms. The number of carbonyl (C=O) groups is 2. The standard InChI is InChI=1S/C14H15FN4O3/c1-2-22-14(21)9-19-8-12(17-18-19)16-13(20)7-10-5-3-4-6-11(10)15/h3-6,8H,2,7,9H2,1H3,(H,16,20). The van der Waals surface area contributed by atoms with E-state index in [1.807, 2.05) is 0 Å². The second-order valence-electron chi connectivity index (χ2n) is 4.42. The Kier molecular flexibility index (Phi) is 5.18. The van der Waals surface area contributed by atoms with Gasteiger partial charge >= 0.3 is 5.97 Å². The van der Waals surface area contributed by atoms with E-state index in [1.54, 1.807) is 19.1 Å². The first-order valence-corrected chi connectivity index (χ1v) is 6.67. The Balaban J connectivity index is 1.91. The van der Waals surface area contributed by atoms with Gasteiger partial charge in [0, 0.05) is 0 Å². The number of halogens is 1. The summed E-state index contributed by atoms with van der Waals surface area (Å²) in [4.78, 5) is 23.1. The summed E-state index contributed by atoms with van der Waals surface area (Å²) in [5.74, 6) is -1.13. The highest BCUT2D eigenvalue weighted by molar-refractivity contribution is 5.91. The summed E-state index contributed by atoms with van der Waals surface area (Å²) in [5, 5.41) is 9.90. The van der Waals surface area contributed by atoms with E-state index in [0.29, 0.717) is 5.56 Å². The topological polar surface area (TPSA) is 86.1 Å². The number of anilines is 1. The summed E-state index contributed by atoms with van der Waals surface area (Å²) in [6.45, 7) is 1.89. The molecular formula is C14H15FN4O3. The molecule has 0 saturated heterocycles. The van der Waals surface area contributed by atoms with Crippen molar-refractivity contribution in [2.75, 3.05) is 11.9 Å². The van der Waals surface area contributed by atoms with Gasteiger partial charge < -0.3 is 10.1 Å². The highest BCUT2D eigenvalue weighted by atomic mass is 19.1. The van der Waals surface area contributed by atoms with Crippen LogP contribution in [0.1, 0.15) is 12.5 Å². The van der Waals surface area contributed by atoms with Crippen LogP contribution in [-0.4, -0.2) is 33.5 Å². The van der Waals surface area contributed by atoms with E-state index in [9.17, 15) is 14.0 Å². The summed E-state index contributed by atoms with van der Waals surface area (Å²) in [5.41, 5.74) is 0.291. The molecular weight excluding hydrogens is 291 g/mol. The Morgan fingerprint density at radius 3 is 2.86 bits per heavy atom. The molecule has 116 valence electrons. The third kappa shape index (κ3) is 4.37. The molecule has 0 saturated carbocycles. The molecule has 0 aliphatic heterocycles. The number of carbonyl (C=O) groups excluding carboxylic acids is 2. The van der Waals surface area contributed by atoms with Gasteiger partial charge in [-0.05, 0) is 18.6 Å². The zero-order valence-corrected chi connectivity index (χ0v) is 12.0. The number of nitrogens with one attached hydrogen (secondary N) is 1. The van der Waals surface area contributed by atoms with Crippen LogP contribution in [0.15, 0.2) is 30.5 Å². The lowest BCUT2D eigenvalue weighted by atomic mass is 10.1. The van der Waals surface area contributed by atoms with Crippen LogP contribution in [0.2, 0.25) is 0 Å². The first kappa shape index (κ1) is 15.6. The van der Waals surface area contributed by atoms with E-state index in [-0.39, 0.29) is 25.4 Å². The van der Waals surface area contributed by atoms with Crippen molar-refractivity contribution in [3.05, 3.63) is 41.8 Å². The lowest BCUT2D eigenvalue weighted by Gasteiger charge is -2.03. The minimum Gasteiger partial charge on any atom is -0.465 e. The molecule has 0 radical (unpaired) electrons. The van der Waals surface area contributed by atoms with Crippen LogP contribution < -0.4 is 5.32 Å². The average molecular weight is 306 g/mol. The summed E-state index contributed by atoms with van der Waals surface area (Å²) < 4.78 is 19.5. The SMILES string of the molecule is CCOC(=O)Cn1cc(NC(=O)Cc2ccccc2F)nn1. The molecule has 1 N–H and O–H groups in total. The molecule has 22 heavy (non-hydrogen) atoms. The monoisotopic (exact) mass is 306 g/mol. The number of hydrogen-bond donors (Lipinski definition) is 1. The van der Waals surface area contributed by atoms with Gasteiger partial charge in [-0.3, -0.25) is 9.59 Å². The van der Waals surface area contributed by atoms with Crippen molar-refractivity contribution in [2.24, 2.45) is 0 Å². The molecule has 7 nitrogen and oxygen atoms in total. The first-order chi connectivity index (χ1) is 10.6. The van der Waals surface area contributed by atoms with Crippen molar-refractivity contribution < 1.29 is 18.7 Å². The quantitative estimate of drug-likeness (QED) is 0.809. The highest BCUT2D eigenvalue weighted by Crippen LogP contribution is 2.08. The molecule has 0 aliphatic rings. The number of hydrogen-bond acceptors (Lipinski definition) is 5. The smallest absolute Gasteiger partial charge is 0.327 e. The fourth-order valence-corrected chi connectivity index (χ4v) is 1.77. The average Bonchev–Trinajstić information content (AvgIpc) is 2.88. The number of aromatic nitrogens is 3. The first-order valence-electron chi connectivity index (χ1n) is 6.67. The van der Waals surface area contributed by atoms with Crippen LogP contribution in [0.4, 0.5) is 10.2 Å². The van der Waals surface area contributed by atoms with Crippen molar-refractivity contribution in [3.63, 3.8) is 0 Å². The maximum absolute atomic E-state index is 13.4. The van der Waals surface area contributed by atoms with Gasteiger partial charge in [-0.25, -0.2) is 9.07 Å². The maximum atomic E-state index is 13.4. The molecule has 1 aromatic carbocycles. The van der Waals surface area contributed by atoms with Gasteiger partial charge in [0.2, 0.25) is 5.91 Å². The zero-order chi connectivity index (χ0) is 15.9. The molecule has 0 bridgehead atoms. The molecule has 1 heterocycles. The summed E-state index contributed by atoms with van der Waals surface area (Å²) in [6.07, 6.45) is 1.29. The van der Waals surface area contributed by atoms with Gasteiger partial charge in [0.15, 0.2) is 5.82 Å². The minimum atomic E-state index is -0.448. The number of esters is 1. The van der Waals surface area contributed by atoms with Crippen LogP contribution in [0.25, 0.3) is 0 Å². The summed E-state index contributed by atoms with van der Waals surface area (Å²) in [7, 11) is 0. The summed E-state index contributed by atoms with van der Waals surface area (Å²) in [6, 6.07) is 6.03. The van der Waals surface area contributed by atoms with Crippen LogP contribution >= 0.6 is 0 Å². The zero-order valence-electron chi connectivity index (χ0n) is 12.0. The van der Waals surface area contributed by atoms with Gasteiger partial charge in [0.1, 0.15) is 12.4 Å². The molecule has 2 aromatic rings. The van der Waals surface area contributed by atoms with E-state index < -0.39 is 17.7 Å². The predicted octanol–water partition coefficient (Wildman–Crippen LogP) is 1.16. The largest absolute Gasteiger partial charge is 0.465 e. The molecule has 2 rings (SSSR count). The van der Waals surface area contributed by atoms with Crippen LogP contribution in [-0.2, 0) is 27.3 Å². The lowest BCUT2D eigenvalue weighted by Crippen LogP contribution is -2.15. The Bertz CT molecular complexity index is 672. The third-order valence-corrected chi connectivity index (χ3v) is 2.71. The van der Waals surface area contributed by atoms with Crippen LogP contribution in [0.5, 0.6) is 0 Å². The number of rotatable bonds is 6. The van der Waals surface area contributed by atoms with Crippen LogP contribution in [0, 0.1) is 5.82 Å². The second kappa shape index (κ2) is 7.30. The number of ether oxygens (including phenoxy) is 1. The fraction of sp³-hybridized carbons (Fsp3) is 0.286. The highest BCUT2D eigenvalue weighted by Gasteiger charge is 2.11.